The van der Waals surface area contributed by atoms with Crippen LogP contribution in [0.1, 0.15) is 11.1 Å². The zero-order valence-corrected chi connectivity index (χ0v) is 15.7. The molecule has 138 valence electrons. The van der Waals surface area contributed by atoms with Crippen LogP contribution in [0.3, 0.4) is 0 Å². The summed E-state index contributed by atoms with van der Waals surface area (Å²) in [5.41, 5.74) is 0.850. The fourth-order valence-electron chi connectivity index (χ4n) is 2.58. The molecule has 27 heavy (non-hydrogen) atoms. The lowest BCUT2D eigenvalue weighted by Crippen LogP contribution is -2.53. The van der Waals surface area contributed by atoms with E-state index in [0.29, 0.717) is 16.9 Å². The van der Waals surface area contributed by atoms with Crippen LogP contribution in [-0.2, 0) is 16.1 Å². The maximum atomic E-state index is 13.0. The van der Waals surface area contributed by atoms with Gasteiger partial charge < -0.3 is 4.74 Å². The van der Waals surface area contributed by atoms with E-state index in [9.17, 15) is 18.8 Å². The Morgan fingerprint density at radius 1 is 1.15 bits per heavy atom. The topological polar surface area (TPSA) is 75.7 Å². The zero-order valence-electron chi connectivity index (χ0n) is 14.2. The zero-order chi connectivity index (χ0) is 19.6. The Kier molecular flexibility index (Phi) is 5.36. The summed E-state index contributed by atoms with van der Waals surface area (Å²) in [4.78, 5) is 37.9. The molecule has 2 aromatic rings. The van der Waals surface area contributed by atoms with Crippen molar-refractivity contribution in [2.45, 2.75) is 6.54 Å². The van der Waals surface area contributed by atoms with Gasteiger partial charge in [0.1, 0.15) is 17.1 Å². The highest BCUT2D eigenvalue weighted by Gasteiger charge is 2.35. The number of carbonyl (C=O) groups is 3. The Bertz CT molecular complexity index is 957. The van der Waals surface area contributed by atoms with Gasteiger partial charge in [0.25, 0.3) is 11.8 Å². The highest BCUT2D eigenvalue weighted by molar-refractivity contribution is 9.10. The van der Waals surface area contributed by atoms with Crippen molar-refractivity contribution in [1.82, 2.24) is 10.2 Å². The van der Waals surface area contributed by atoms with Gasteiger partial charge in [0.2, 0.25) is 0 Å². The van der Waals surface area contributed by atoms with Crippen LogP contribution < -0.4 is 10.1 Å². The number of benzene rings is 2. The van der Waals surface area contributed by atoms with Crippen LogP contribution >= 0.6 is 15.9 Å². The van der Waals surface area contributed by atoms with Gasteiger partial charge in [-0.25, -0.2) is 9.18 Å². The Morgan fingerprint density at radius 3 is 2.52 bits per heavy atom. The molecule has 1 saturated heterocycles. The standard InChI is InChI=1S/C19H14BrFN2O4/c1-27-16-7-4-13(20)8-12(16)9-15-17(24)22-19(26)23(18(15)25)10-11-2-5-14(21)6-3-11/h2-9H,10H2,1H3,(H,22,24,26)/b15-9+. The van der Waals surface area contributed by atoms with E-state index in [1.807, 2.05) is 0 Å². The molecule has 3 rings (SSSR count). The maximum Gasteiger partial charge on any atom is 0.331 e. The number of barbiturate groups is 1. The number of urea groups is 1. The van der Waals surface area contributed by atoms with Crippen LogP contribution in [0.15, 0.2) is 52.5 Å². The third-order valence-corrected chi connectivity index (χ3v) is 4.42. The molecule has 1 N–H and O–H groups in total. The van der Waals surface area contributed by atoms with Crippen molar-refractivity contribution in [1.29, 1.82) is 0 Å². The number of nitrogens with zero attached hydrogens (tertiary/aromatic N) is 1. The van der Waals surface area contributed by atoms with Crippen molar-refractivity contribution in [3.8, 4) is 5.75 Å². The van der Waals surface area contributed by atoms with E-state index in [2.05, 4.69) is 21.2 Å². The van der Waals surface area contributed by atoms with Crippen LogP contribution in [-0.4, -0.2) is 29.9 Å². The van der Waals surface area contributed by atoms with Crippen molar-refractivity contribution >= 4 is 39.9 Å². The summed E-state index contributed by atoms with van der Waals surface area (Å²) in [5, 5.41) is 2.15. The first kappa shape index (κ1) is 18.8. The number of methoxy groups -OCH3 is 1. The number of rotatable bonds is 4. The first-order valence-corrected chi connectivity index (χ1v) is 8.65. The molecule has 2 aromatic carbocycles. The first-order valence-electron chi connectivity index (χ1n) is 7.86. The smallest absolute Gasteiger partial charge is 0.331 e. The lowest BCUT2D eigenvalue weighted by Gasteiger charge is -2.26. The highest BCUT2D eigenvalue weighted by Crippen LogP contribution is 2.26. The normalized spacial score (nSPS) is 15.9. The van der Waals surface area contributed by atoms with Crippen LogP contribution in [0.25, 0.3) is 6.08 Å². The van der Waals surface area contributed by atoms with Crippen molar-refractivity contribution in [3.05, 3.63) is 69.5 Å². The molecule has 4 amide bonds. The molecule has 0 saturated carbocycles. The largest absolute Gasteiger partial charge is 0.496 e. The van der Waals surface area contributed by atoms with Crippen LogP contribution in [0.5, 0.6) is 5.75 Å². The average molecular weight is 433 g/mol. The molecule has 6 nitrogen and oxygen atoms in total. The van der Waals surface area contributed by atoms with E-state index < -0.39 is 23.7 Å². The number of ether oxygens (including phenoxy) is 1. The van der Waals surface area contributed by atoms with Gasteiger partial charge >= 0.3 is 6.03 Å². The van der Waals surface area contributed by atoms with Gasteiger partial charge in [0.05, 0.1) is 13.7 Å². The minimum atomic E-state index is -0.826. The lowest BCUT2D eigenvalue weighted by atomic mass is 10.1. The molecule has 0 spiro atoms. The summed E-state index contributed by atoms with van der Waals surface area (Å²) in [7, 11) is 1.47. The molecule has 0 unspecified atom stereocenters. The summed E-state index contributed by atoms with van der Waals surface area (Å²) < 4.78 is 19.0. The predicted molar refractivity (Wildman–Crippen MR) is 99.2 cm³/mol. The van der Waals surface area contributed by atoms with Crippen molar-refractivity contribution in [2.24, 2.45) is 0 Å². The number of carbonyl (C=O) groups excluding carboxylic acids is 3. The van der Waals surface area contributed by atoms with Crippen molar-refractivity contribution < 1.29 is 23.5 Å². The quantitative estimate of drug-likeness (QED) is 0.594. The van der Waals surface area contributed by atoms with Gasteiger partial charge in [-0.05, 0) is 42.0 Å². The monoisotopic (exact) mass is 432 g/mol. The molecule has 0 aliphatic carbocycles. The number of imide groups is 2. The van der Waals surface area contributed by atoms with Gasteiger partial charge in [0, 0.05) is 10.0 Å². The molecule has 0 radical (unpaired) electrons. The molecule has 1 heterocycles. The highest BCUT2D eigenvalue weighted by atomic mass is 79.9. The molecule has 1 aliphatic heterocycles. The number of nitrogens with one attached hydrogen (secondary N) is 1. The third-order valence-electron chi connectivity index (χ3n) is 3.93. The molecule has 0 atom stereocenters. The second-order valence-corrected chi connectivity index (χ2v) is 6.64. The molecule has 0 aromatic heterocycles. The Hall–Kier alpha value is -3.00. The van der Waals surface area contributed by atoms with Gasteiger partial charge in [-0.15, -0.1) is 0 Å². The van der Waals surface area contributed by atoms with Crippen LogP contribution in [0.4, 0.5) is 9.18 Å². The second kappa shape index (κ2) is 7.71. The van der Waals surface area contributed by atoms with Crippen molar-refractivity contribution in [2.75, 3.05) is 7.11 Å². The third kappa shape index (κ3) is 4.06. The molecule has 1 aliphatic rings. The fourth-order valence-corrected chi connectivity index (χ4v) is 2.96. The molecule has 8 heteroatoms. The van der Waals surface area contributed by atoms with E-state index in [1.165, 1.54) is 37.5 Å². The minimum absolute atomic E-state index is 0.0921. The van der Waals surface area contributed by atoms with Crippen LogP contribution in [0.2, 0.25) is 0 Å². The average Bonchev–Trinajstić information content (AvgIpc) is 2.64. The molecule has 0 bridgehead atoms. The maximum absolute atomic E-state index is 13.0. The summed E-state index contributed by atoms with van der Waals surface area (Å²) in [5.74, 6) is -1.49. The second-order valence-electron chi connectivity index (χ2n) is 5.72. The van der Waals surface area contributed by atoms with Gasteiger partial charge in [0.15, 0.2) is 0 Å². The van der Waals surface area contributed by atoms with E-state index in [1.54, 1.807) is 18.2 Å². The summed E-state index contributed by atoms with van der Waals surface area (Å²) in [6.07, 6.45) is 1.37. The van der Waals surface area contributed by atoms with E-state index in [-0.39, 0.29) is 12.1 Å². The van der Waals surface area contributed by atoms with Gasteiger partial charge in [-0.3, -0.25) is 19.8 Å². The van der Waals surface area contributed by atoms with E-state index in [0.717, 1.165) is 9.37 Å². The summed E-state index contributed by atoms with van der Waals surface area (Å²) in [6.45, 7) is -0.0921. The van der Waals surface area contributed by atoms with E-state index in [4.69, 9.17) is 4.74 Å². The number of amides is 4. The Labute approximate surface area is 162 Å². The van der Waals surface area contributed by atoms with Gasteiger partial charge in [-0.2, -0.15) is 0 Å². The van der Waals surface area contributed by atoms with Crippen molar-refractivity contribution in [3.63, 3.8) is 0 Å². The number of hydrogen-bond donors (Lipinski definition) is 1. The molecule has 1 fully saturated rings. The predicted octanol–water partition coefficient (Wildman–Crippen LogP) is 3.26. The molecular weight excluding hydrogens is 419 g/mol. The SMILES string of the molecule is COc1ccc(Br)cc1/C=C1\C(=O)NC(=O)N(Cc2ccc(F)cc2)C1=O. The lowest BCUT2D eigenvalue weighted by molar-refractivity contribution is -0.130. The fraction of sp³-hybridized carbons (Fsp3) is 0.105. The summed E-state index contributed by atoms with van der Waals surface area (Å²) in [6, 6.07) is 9.70. The van der Waals surface area contributed by atoms with Gasteiger partial charge in [-0.1, -0.05) is 28.1 Å². The minimum Gasteiger partial charge on any atom is -0.496 e. The Morgan fingerprint density at radius 2 is 1.85 bits per heavy atom. The Balaban J connectivity index is 1.95. The molecular formula is C19H14BrFN2O4. The number of hydrogen-bond acceptors (Lipinski definition) is 4. The first-order chi connectivity index (χ1) is 12.9. The van der Waals surface area contributed by atoms with E-state index >= 15 is 0 Å². The van der Waals surface area contributed by atoms with Crippen LogP contribution in [0, 0.1) is 5.82 Å². The summed E-state index contributed by atoms with van der Waals surface area (Å²) >= 11 is 3.33. The number of halogens is 2.